The normalized spacial score (nSPS) is 23.7. The molecule has 1 heterocycles. The van der Waals surface area contributed by atoms with Crippen LogP contribution in [0.5, 0.6) is 0 Å². The monoisotopic (exact) mass is 1730 g/mol. The van der Waals surface area contributed by atoms with Crippen LogP contribution in [0.4, 0.5) is 0 Å². The number of unbranched alkanes of at least 4 members (excludes halogenated alkanes) is 6. The lowest BCUT2D eigenvalue weighted by atomic mass is 9.38. The van der Waals surface area contributed by atoms with Gasteiger partial charge in [-0.1, -0.05) is 52.4 Å². The summed E-state index contributed by atoms with van der Waals surface area (Å²) < 4.78 is 26.7. The highest BCUT2D eigenvalue weighted by Crippen LogP contribution is 3.02. The molecule has 5 heteroatoms. The van der Waals surface area contributed by atoms with Crippen molar-refractivity contribution >= 4 is 561 Å². The topological polar surface area (TPSA) is 61.8 Å². The predicted octanol–water partition coefficient (Wildman–Crippen LogP) is 34.4. The summed E-state index contributed by atoms with van der Waals surface area (Å²) in [6.07, 6.45) is 7.71. The highest BCUT2D eigenvalue weighted by atomic mass is 16.6. The van der Waals surface area contributed by atoms with E-state index in [4.69, 9.17) is 9.47 Å². The molecule has 0 N–H and O–H groups in total. The Hall–Kier alpha value is -15.9. The third-order valence-electron chi connectivity index (χ3n) is 52.3. The van der Waals surface area contributed by atoms with Crippen LogP contribution < -0.4 is 0 Å². The number of esters is 2. The molecule has 4 unspecified atom stereocenters. The van der Waals surface area contributed by atoms with E-state index < -0.39 is 38.3 Å². The molecule has 1 saturated carbocycles. The predicted molar refractivity (Wildman–Crippen MR) is 575 cm³/mol. The molecule has 0 aromatic heterocycles. The van der Waals surface area contributed by atoms with Crippen molar-refractivity contribution in [3.8, 4) is 0 Å². The zero-order valence-electron chi connectivity index (χ0n) is 72.6. The first kappa shape index (κ1) is 53.7. The summed E-state index contributed by atoms with van der Waals surface area (Å²) >= 11 is 0. The van der Waals surface area contributed by atoms with Crippen LogP contribution in [0.25, 0.3) is 549 Å². The van der Waals surface area contributed by atoms with Gasteiger partial charge in [0, 0.05) is 22.3 Å². The van der Waals surface area contributed by atoms with E-state index in [0.717, 1.165) is 51.4 Å². The van der Waals surface area contributed by atoms with E-state index in [1.165, 1.54) is 195 Å². The minimum Gasteiger partial charge on any atom is -0.465 e. The minimum absolute atomic E-state index is 0.272. The summed E-state index contributed by atoms with van der Waals surface area (Å²) in [7, 11) is 0. The smallest absolute Gasteiger partial charge is 0.326 e. The van der Waals surface area contributed by atoms with Gasteiger partial charge in [-0.15, -0.1) is 0 Å². The third kappa shape index (κ3) is 2.80. The molecule has 52 aromatic carbocycles. The molecule has 13 aliphatic carbocycles. The van der Waals surface area contributed by atoms with Crippen molar-refractivity contribution in [2.75, 3.05) is 13.2 Å². The minimum atomic E-state index is -1.83. The van der Waals surface area contributed by atoms with E-state index >= 15 is 9.59 Å². The van der Waals surface area contributed by atoms with Gasteiger partial charge < -0.3 is 14.2 Å². The van der Waals surface area contributed by atoms with Crippen LogP contribution in [-0.4, -0.2) is 25.2 Å². The van der Waals surface area contributed by atoms with Gasteiger partial charge in [0.2, 0.25) is 0 Å². The fourth-order valence-electron chi connectivity index (χ4n) is 52.6. The first-order chi connectivity index (χ1) is 69.6. The number of carbonyl (C=O) groups excluding carboxylic acids is 2. The molecule has 4 atom stereocenters. The van der Waals surface area contributed by atoms with Crippen molar-refractivity contribution < 1.29 is 23.8 Å². The zero-order valence-corrected chi connectivity index (χ0v) is 72.6. The summed E-state index contributed by atoms with van der Waals surface area (Å²) in [5, 5.41) is 160. The summed E-state index contributed by atoms with van der Waals surface area (Å²) in [4.78, 5) is 37.6. The number of hydrogen-bond acceptors (Lipinski definition) is 5. The highest BCUT2D eigenvalue weighted by Gasteiger charge is 3.03. The molecule has 5 nitrogen and oxygen atoms in total. The van der Waals surface area contributed by atoms with Gasteiger partial charge in [0.15, 0.2) is 5.41 Å². The molecule has 66 rings (SSSR count). The Morgan fingerprint density at radius 2 is 0.264 bits per heavy atom. The second-order valence-corrected chi connectivity index (χ2v) is 52.4. The van der Waals surface area contributed by atoms with Gasteiger partial charge in [0.1, 0.15) is 11.2 Å². The Balaban J connectivity index is 0.712. The van der Waals surface area contributed by atoms with Crippen molar-refractivity contribution in [3.05, 3.63) is 66.8 Å². The molecule has 0 bridgehead atoms. The quantitative estimate of drug-likeness (QED) is 0.0528. The summed E-state index contributed by atoms with van der Waals surface area (Å²) in [5.74, 6) is -0.649. The molecular weight excluding hydrogens is 1700 g/mol. The van der Waals surface area contributed by atoms with Crippen molar-refractivity contribution in [1.82, 2.24) is 0 Å². The average molecular weight is 1730 g/mol. The first-order valence-corrected chi connectivity index (χ1v) is 53.5. The molecule has 52 aromatic rings. The lowest BCUT2D eigenvalue weighted by molar-refractivity contribution is -0.166. The van der Waals surface area contributed by atoms with E-state index in [0.29, 0.717) is 0 Å². The first-order valence-electron chi connectivity index (χ1n) is 53.5. The van der Waals surface area contributed by atoms with Gasteiger partial charge in [0.25, 0.3) is 0 Å². The van der Waals surface area contributed by atoms with Gasteiger partial charge >= 0.3 is 11.9 Å². The van der Waals surface area contributed by atoms with Gasteiger partial charge in [-0.25, -0.2) is 0 Å². The Bertz CT molecular complexity index is 16000. The molecule has 1 saturated heterocycles. The standard InChI is InChI=1S/C135H26O5/c1-3-5-7-9-11-138-127(136)133(128(137)139-12-10-8-6-4-2)129-115-91-72-53-38-39-47-32-31-40-33-43(32)66-82-62(47)75-54(39)58-57(53)76-71-77(58)98-97(75)121-101(82)107-87(66)70-50(33)67-79-63(40)78(59(72)46(31)38)93(115)94(79)116-102-88(67)89(70)110-114-111(102)118(130(116,129)133)112-103(117(129)92(76)91)90(71)104-113(112)126(114)135(125(107)110)132(121,122(98)104)131-119-95-73-51-34-23-15-13-14-17-21-19(15)27-41-29(21)48-36-25(17)26-18(14)22-20-16(13)24(23)35-45-28(20)42-30(22)49-37(26)56-55(36)83-68(48)85-64(41)80(60(73)44(27)34)99(119)105(85)123-108(83)109-84(56)69(49)86-65(42)81-61(45)74(52(35)51)96(95)120(131)100(81)106(86)124(109)134(123,131)140-135/h3-12H2,1-2H3. The van der Waals surface area contributed by atoms with Crippen LogP contribution in [0.2, 0.25) is 0 Å². The van der Waals surface area contributed by atoms with Crippen LogP contribution in [0.3, 0.4) is 0 Å². The zero-order chi connectivity index (χ0) is 83.7. The number of hydrogen-bond donors (Lipinski definition) is 0. The van der Waals surface area contributed by atoms with Crippen molar-refractivity contribution in [2.24, 2.45) is 5.41 Å². The summed E-state index contributed by atoms with van der Waals surface area (Å²) in [5.41, 5.74) is 9.46. The largest absolute Gasteiger partial charge is 0.465 e. The Labute approximate surface area is 762 Å². The molecule has 140 heavy (non-hydrogen) atoms. The Morgan fingerprint density at radius 3 is 0.414 bits per heavy atom. The fraction of sp³-hybridized carbons (Fsp3) is 0.141. The van der Waals surface area contributed by atoms with E-state index in [1.54, 1.807) is 421 Å². The highest BCUT2D eigenvalue weighted by molar-refractivity contribution is 6.86. The van der Waals surface area contributed by atoms with Gasteiger partial charge in [-0.3, -0.25) is 9.59 Å². The molecule has 1 aliphatic heterocycles. The van der Waals surface area contributed by atoms with E-state index in [1.807, 2.05) is 0 Å². The van der Waals surface area contributed by atoms with E-state index in [2.05, 4.69) is 13.8 Å². The van der Waals surface area contributed by atoms with Crippen LogP contribution in [0, 0.1) is 5.41 Å². The SMILES string of the molecule is CCCCCCOC(=O)C1(C(=O)OCCCCCC)C23c4c5c6c7c8c4c4c2c2c9c%10c%11c%12c(c5c5c6c6c%13c%14c%15c%16c%17c(c8c8c4c4c2c2c9c9c%11c%11c%18c%12c5c%13c%18c5c%14c%12c%16c%13c%17c8c4c4c%13c8c%12c5c%11c9c8c24)C72OC45c7c8c9c%11c%12c%13c(c%14c%16c4c4c7c7c%17c8c8c9c9c%12c%12c%18c%13c%13c%14c%14c%16c%16c4c4c7c7c%17c%17c8c8c9c%12c9c%12c%18c%13c%13c%14c%14c%16c4c4c7c7c%17c8c9c8c%12c%13c%14c4c78)C%115C6%152)C%1013. The second kappa shape index (κ2) is 12.2. The van der Waals surface area contributed by atoms with Crippen molar-refractivity contribution in [2.45, 2.75) is 98.1 Å². The van der Waals surface area contributed by atoms with Gasteiger partial charge in [-0.2, -0.15) is 0 Å². The molecule has 2 fully saturated rings. The lowest BCUT2D eigenvalue weighted by Crippen LogP contribution is -2.62. The van der Waals surface area contributed by atoms with Crippen LogP contribution >= 0.6 is 0 Å². The van der Waals surface area contributed by atoms with Crippen LogP contribution in [0.15, 0.2) is 0 Å². The van der Waals surface area contributed by atoms with Gasteiger partial charge in [0.05, 0.1) is 34.9 Å². The number of rotatable bonds is 12. The maximum atomic E-state index is 18.8. The summed E-state index contributed by atoms with van der Waals surface area (Å²) in [6.45, 7) is 5.12. The summed E-state index contributed by atoms with van der Waals surface area (Å²) in [6, 6.07) is 0. The number of benzene rings is 34. The number of carbonyl (C=O) groups is 2. The molecule has 596 valence electrons. The van der Waals surface area contributed by atoms with Crippen LogP contribution in [0.1, 0.15) is 132 Å². The molecule has 6 spiro atoms. The second-order valence-electron chi connectivity index (χ2n) is 52.4. The van der Waals surface area contributed by atoms with E-state index in [-0.39, 0.29) is 25.2 Å². The van der Waals surface area contributed by atoms with Crippen LogP contribution in [-0.2, 0) is 56.7 Å². The van der Waals surface area contributed by atoms with Gasteiger partial charge in [-0.05, 0) is 607 Å². The molecular formula is C135H26O5. The Morgan fingerprint density at radius 1 is 0.150 bits per heavy atom. The molecule has 14 aliphatic rings. The molecule has 0 radical (unpaired) electrons. The number of ether oxygens (including phenoxy) is 3. The third-order valence-corrected chi connectivity index (χ3v) is 52.3. The maximum Gasteiger partial charge on any atom is 0.326 e. The fourth-order valence-corrected chi connectivity index (χ4v) is 52.6. The van der Waals surface area contributed by atoms with Crippen molar-refractivity contribution in [1.29, 1.82) is 0 Å². The van der Waals surface area contributed by atoms with Crippen molar-refractivity contribution in [3.63, 3.8) is 0 Å². The molecule has 0 amide bonds. The van der Waals surface area contributed by atoms with E-state index in [9.17, 15) is 4.74 Å². The Kier molecular flexibility index (Phi) is 4.70. The maximum absolute atomic E-state index is 18.8. The lowest BCUT2D eigenvalue weighted by Gasteiger charge is -2.58. The average Bonchev–Trinajstić information content (AvgIpc) is 1.34.